The minimum absolute atomic E-state index is 0.209. The van der Waals surface area contributed by atoms with Crippen molar-refractivity contribution in [3.8, 4) is 5.69 Å². The van der Waals surface area contributed by atoms with E-state index in [-0.39, 0.29) is 5.56 Å². The van der Waals surface area contributed by atoms with Crippen LogP contribution in [-0.2, 0) is 6.42 Å². The number of carboxylic acid groups (broad SMARTS) is 1. The second kappa shape index (κ2) is 5.29. The van der Waals surface area contributed by atoms with Crippen molar-refractivity contribution in [3.05, 3.63) is 52.0 Å². The SMILES string of the molecule is CCc1cc(Br)ccc1-n1nnc2cc(C(=O)O)ccc21. The lowest BCUT2D eigenvalue weighted by atomic mass is 10.1. The number of aromatic nitrogens is 3. The standard InChI is InChI=1S/C15H12BrN3O2/c1-2-9-7-11(16)4-6-13(9)19-14-5-3-10(15(20)21)8-12(14)17-18-19/h3-8H,2H2,1H3,(H,20,21). The van der Waals surface area contributed by atoms with Crippen LogP contribution in [0.15, 0.2) is 40.9 Å². The first kappa shape index (κ1) is 13.8. The molecule has 0 amide bonds. The van der Waals surface area contributed by atoms with Crippen molar-refractivity contribution >= 4 is 32.9 Å². The number of benzene rings is 2. The van der Waals surface area contributed by atoms with Crippen LogP contribution in [0.1, 0.15) is 22.8 Å². The molecular formula is C15H12BrN3O2. The van der Waals surface area contributed by atoms with E-state index in [2.05, 4.69) is 39.2 Å². The van der Waals surface area contributed by atoms with Gasteiger partial charge in [0.25, 0.3) is 0 Å². The summed E-state index contributed by atoms with van der Waals surface area (Å²) in [5, 5.41) is 17.3. The van der Waals surface area contributed by atoms with E-state index >= 15 is 0 Å². The molecule has 1 heterocycles. The molecule has 0 aliphatic carbocycles. The maximum atomic E-state index is 11.0. The summed E-state index contributed by atoms with van der Waals surface area (Å²) in [4.78, 5) is 11.0. The molecule has 0 bridgehead atoms. The number of aromatic carboxylic acids is 1. The lowest BCUT2D eigenvalue weighted by Gasteiger charge is -2.08. The second-order valence-corrected chi connectivity index (χ2v) is 5.55. The van der Waals surface area contributed by atoms with Crippen LogP contribution in [0.3, 0.4) is 0 Å². The molecular weight excluding hydrogens is 334 g/mol. The van der Waals surface area contributed by atoms with E-state index in [4.69, 9.17) is 5.11 Å². The molecule has 3 aromatic rings. The van der Waals surface area contributed by atoms with E-state index < -0.39 is 5.97 Å². The summed E-state index contributed by atoms with van der Waals surface area (Å²) in [6, 6.07) is 10.8. The molecule has 21 heavy (non-hydrogen) atoms. The molecule has 2 aromatic carbocycles. The highest BCUT2D eigenvalue weighted by Crippen LogP contribution is 2.24. The number of carbonyl (C=O) groups is 1. The Morgan fingerprint density at radius 1 is 1.29 bits per heavy atom. The number of fused-ring (bicyclic) bond motifs is 1. The molecule has 1 aromatic heterocycles. The lowest BCUT2D eigenvalue weighted by Crippen LogP contribution is -2.01. The van der Waals surface area contributed by atoms with Crippen molar-refractivity contribution in [2.75, 3.05) is 0 Å². The first-order chi connectivity index (χ1) is 10.1. The van der Waals surface area contributed by atoms with Gasteiger partial charge in [0.1, 0.15) is 5.52 Å². The molecule has 0 unspecified atom stereocenters. The molecule has 0 fully saturated rings. The van der Waals surface area contributed by atoms with E-state index in [1.54, 1.807) is 16.8 Å². The highest BCUT2D eigenvalue weighted by atomic mass is 79.9. The van der Waals surface area contributed by atoms with Gasteiger partial charge < -0.3 is 5.11 Å². The third-order valence-corrected chi connectivity index (χ3v) is 3.84. The Bertz CT molecular complexity index is 842. The second-order valence-electron chi connectivity index (χ2n) is 4.64. The van der Waals surface area contributed by atoms with Crippen molar-refractivity contribution in [3.63, 3.8) is 0 Å². The van der Waals surface area contributed by atoms with Crippen LogP contribution in [0, 0.1) is 0 Å². The van der Waals surface area contributed by atoms with Crippen LogP contribution in [0.4, 0.5) is 0 Å². The summed E-state index contributed by atoms with van der Waals surface area (Å²) in [5.41, 5.74) is 3.66. The zero-order chi connectivity index (χ0) is 15.0. The monoisotopic (exact) mass is 345 g/mol. The molecule has 0 saturated carbocycles. The first-order valence-electron chi connectivity index (χ1n) is 6.47. The first-order valence-corrected chi connectivity index (χ1v) is 7.27. The molecule has 0 aliphatic rings. The fourth-order valence-corrected chi connectivity index (χ4v) is 2.69. The molecule has 0 saturated heterocycles. The third-order valence-electron chi connectivity index (χ3n) is 3.34. The topological polar surface area (TPSA) is 68.0 Å². The normalized spacial score (nSPS) is 11.0. The van der Waals surface area contributed by atoms with Gasteiger partial charge in [-0.2, -0.15) is 0 Å². The third kappa shape index (κ3) is 2.42. The van der Waals surface area contributed by atoms with Gasteiger partial charge in [0.15, 0.2) is 0 Å². The van der Waals surface area contributed by atoms with Gasteiger partial charge in [-0.15, -0.1) is 5.10 Å². The predicted molar refractivity (Wildman–Crippen MR) is 82.9 cm³/mol. The Kier molecular flexibility index (Phi) is 3.47. The average molecular weight is 346 g/mol. The van der Waals surface area contributed by atoms with Gasteiger partial charge in [-0.25, -0.2) is 9.48 Å². The fraction of sp³-hybridized carbons (Fsp3) is 0.133. The molecule has 0 atom stereocenters. The number of hydrogen-bond acceptors (Lipinski definition) is 3. The van der Waals surface area contributed by atoms with Gasteiger partial charge >= 0.3 is 5.97 Å². The average Bonchev–Trinajstić information content (AvgIpc) is 2.89. The molecule has 6 heteroatoms. The predicted octanol–water partition coefficient (Wildman–Crippen LogP) is 3.44. The lowest BCUT2D eigenvalue weighted by molar-refractivity contribution is 0.0697. The summed E-state index contributed by atoms with van der Waals surface area (Å²) in [5.74, 6) is -0.968. The zero-order valence-electron chi connectivity index (χ0n) is 11.2. The summed E-state index contributed by atoms with van der Waals surface area (Å²) in [7, 11) is 0. The van der Waals surface area contributed by atoms with E-state index in [1.165, 1.54) is 6.07 Å². The number of halogens is 1. The molecule has 5 nitrogen and oxygen atoms in total. The summed E-state index contributed by atoms with van der Waals surface area (Å²) in [6.45, 7) is 2.08. The number of nitrogens with zero attached hydrogens (tertiary/aromatic N) is 3. The number of hydrogen-bond donors (Lipinski definition) is 1. The van der Waals surface area contributed by atoms with Gasteiger partial charge in [0.2, 0.25) is 0 Å². The van der Waals surface area contributed by atoms with Crippen LogP contribution in [0.2, 0.25) is 0 Å². The van der Waals surface area contributed by atoms with Crippen LogP contribution < -0.4 is 0 Å². The molecule has 1 N–H and O–H groups in total. The molecule has 0 spiro atoms. The summed E-state index contributed by atoms with van der Waals surface area (Å²) >= 11 is 3.47. The zero-order valence-corrected chi connectivity index (χ0v) is 12.8. The maximum absolute atomic E-state index is 11.0. The summed E-state index contributed by atoms with van der Waals surface area (Å²) in [6.07, 6.45) is 0.864. The Hall–Kier alpha value is -2.21. The van der Waals surface area contributed by atoms with Crippen LogP contribution in [0.5, 0.6) is 0 Å². The Labute approximate surface area is 129 Å². The number of carboxylic acids is 1. The van der Waals surface area contributed by atoms with Gasteiger partial charge in [-0.3, -0.25) is 0 Å². The molecule has 106 valence electrons. The highest BCUT2D eigenvalue weighted by Gasteiger charge is 2.12. The van der Waals surface area contributed by atoms with Crippen LogP contribution in [-0.4, -0.2) is 26.1 Å². The number of rotatable bonds is 3. The van der Waals surface area contributed by atoms with Crippen LogP contribution >= 0.6 is 15.9 Å². The highest BCUT2D eigenvalue weighted by molar-refractivity contribution is 9.10. The minimum atomic E-state index is -0.968. The van der Waals surface area contributed by atoms with E-state index in [1.807, 2.05) is 12.1 Å². The van der Waals surface area contributed by atoms with Gasteiger partial charge in [0.05, 0.1) is 16.8 Å². The largest absolute Gasteiger partial charge is 0.478 e. The minimum Gasteiger partial charge on any atom is -0.478 e. The molecule has 3 rings (SSSR count). The smallest absolute Gasteiger partial charge is 0.335 e. The molecule has 0 aliphatic heterocycles. The fourth-order valence-electron chi connectivity index (χ4n) is 2.28. The quantitative estimate of drug-likeness (QED) is 0.789. The van der Waals surface area contributed by atoms with Gasteiger partial charge in [-0.1, -0.05) is 28.1 Å². The van der Waals surface area contributed by atoms with E-state index in [0.717, 1.165) is 27.7 Å². The van der Waals surface area contributed by atoms with Crippen molar-refractivity contribution < 1.29 is 9.90 Å². The van der Waals surface area contributed by atoms with Crippen molar-refractivity contribution in [1.29, 1.82) is 0 Å². The Balaban J connectivity index is 2.20. The number of aryl methyl sites for hydroxylation is 1. The Morgan fingerprint density at radius 2 is 2.10 bits per heavy atom. The Morgan fingerprint density at radius 3 is 2.81 bits per heavy atom. The van der Waals surface area contributed by atoms with Gasteiger partial charge in [0, 0.05) is 4.47 Å². The van der Waals surface area contributed by atoms with E-state index in [9.17, 15) is 4.79 Å². The van der Waals surface area contributed by atoms with E-state index in [0.29, 0.717) is 5.52 Å². The molecule has 0 radical (unpaired) electrons. The van der Waals surface area contributed by atoms with Crippen molar-refractivity contribution in [1.82, 2.24) is 15.0 Å². The van der Waals surface area contributed by atoms with Gasteiger partial charge in [-0.05, 0) is 48.4 Å². The summed E-state index contributed by atoms with van der Waals surface area (Å²) < 4.78 is 2.76. The van der Waals surface area contributed by atoms with Crippen molar-refractivity contribution in [2.45, 2.75) is 13.3 Å². The van der Waals surface area contributed by atoms with Crippen molar-refractivity contribution in [2.24, 2.45) is 0 Å². The maximum Gasteiger partial charge on any atom is 0.335 e. The van der Waals surface area contributed by atoms with Crippen LogP contribution in [0.25, 0.3) is 16.7 Å².